The van der Waals surface area contributed by atoms with Crippen LogP contribution in [0.5, 0.6) is 0 Å². The van der Waals surface area contributed by atoms with E-state index in [-0.39, 0.29) is 5.97 Å². The maximum Gasteiger partial charge on any atom is 0.307 e. The first-order chi connectivity index (χ1) is 7.77. The molecule has 1 aliphatic rings. The van der Waals surface area contributed by atoms with E-state index in [4.69, 9.17) is 4.74 Å². The summed E-state index contributed by atoms with van der Waals surface area (Å²) >= 11 is 0. The van der Waals surface area contributed by atoms with Crippen LogP contribution in [0.15, 0.2) is 12.2 Å². The minimum atomic E-state index is -0.0826. The molecule has 0 aromatic heterocycles. The summed E-state index contributed by atoms with van der Waals surface area (Å²) in [6.45, 7) is 6.28. The van der Waals surface area contributed by atoms with E-state index >= 15 is 0 Å². The molecule has 1 atom stereocenters. The molecule has 0 heterocycles. The average molecular weight is 225 g/mol. The van der Waals surface area contributed by atoms with Crippen LogP contribution in [0.2, 0.25) is 0 Å². The van der Waals surface area contributed by atoms with Crippen molar-refractivity contribution < 1.29 is 9.53 Å². The van der Waals surface area contributed by atoms with Crippen molar-refractivity contribution in [3.8, 4) is 0 Å². The van der Waals surface area contributed by atoms with Crippen molar-refractivity contribution in [2.45, 2.75) is 45.6 Å². The fourth-order valence-corrected chi connectivity index (χ4v) is 2.13. The van der Waals surface area contributed by atoms with Gasteiger partial charge in [0.15, 0.2) is 0 Å². The van der Waals surface area contributed by atoms with Gasteiger partial charge in [-0.25, -0.2) is 0 Å². The summed E-state index contributed by atoms with van der Waals surface area (Å²) in [5, 5.41) is 0. The lowest BCUT2D eigenvalue weighted by molar-refractivity contribution is -0.143. The predicted octanol–water partition coefficient (Wildman–Crippen LogP) is 2.37. The van der Waals surface area contributed by atoms with Gasteiger partial charge in [0.25, 0.3) is 0 Å². The Hall–Kier alpha value is -0.830. The average Bonchev–Trinajstić information content (AvgIpc) is 2.31. The number of rotatable bonds is 6. The number of ether oxygens (including phenoxy) is 1. The molecular formula is C13H23NO2. The van der Waals surface area contributed by atoms with Crippen LogP contribution in [0, 0.1) is 0 Å². The smallest absolute Gasteiger partial charge is 0.307 e. The fourth-order valence-electron chi connectivity index (χ4n) is 2.13. The molecule has 3 nitrogen and oxygen atoms in total. The van der Waals surface area contributed by atoms with Crippen LogP contribution in [0.25, 0.3) is 0 Å². The molecule has 3 heteroatoms. The van der Waals surface area contributed by atoms with Crippen LogP contribution in [-0.2, 0) is 9.53 Å². The molecule has 0 bridgehead atoms. The van der Waals surface area contributed by atoms with Gasteiger partial charge in [-0.3, -0.25) is 9.69 Å². The topological polar surface area (TPSA) is 29.5 Å². The molecule has 0 aromatic rings. The standard InChI is InChI=1S/C13H23NO2/c1-3-14(11-10-13(15)16-4-2)12-8-6-5-7-9-12/h6,8,12H,3-5,7,9-11H2,1-2H3. The van der Waals surface area contributed by atoms with Crippen LogP contribution in [0.4, 0.5) is 0 Å². The van der Waals surface area contributed by atoms with E-state index in [0.29, 0.717) is 19.1 Å². The normalized spacial score (nSPS) is 20.1. The minimum absolute atomic E-state index is 0.0826. The monoisotopic (exact) mass is 225 g/mol. The number of esters is 1. The van der Waals surface area contributed by atoms with Gasteiger partial charge >= 0.3 is 5.97 Å². The van der Waals surface area contributed by atoms with Crippen molar-refractivity contribution in [3.63, 3.8) is 0 Å². The molecule has 1 aliphatic carbocycles. The molecule has 0 spiro atoms. The van der Waals surface area contributed by atoms with Crippen molar-refractivity contribution in [1.29, 1.82) is 0 Å². The Kier molecular flexibility index (Phi) is 6.16. The van der Waals surface area contributed by atoms with Gasteiger partial charge in [0.2, 0.25) is 0 Å². The predicted molar refractivity (Wildman–Crippen MR) is 65.3 cm³/mol. The Morgan fingerprint density at radius 1 is 1.50 bits per heavy atom. The quantitative estimate of drug-likeness (QED) is 0.513. The second-order valence-corrected chi connectivity index (χ2v) is 4.11. The first-order valence-corrected chi connectivity index (χ1v) is 6.34. The van der Waals surface area contributed by atoms with Gasteiger partial charge in [-0.15, -0.1) is 0 Å². The first-order valence-electron chi connectivity index (χ1n) is 6.34. The van der Waals surface area contributed by atoms with E-state index < -0.39 is 0 Å². The lowest BCUT2D eigenvalue weighted by atomic mass is 10.0. The molecule has 0 saturated carbocycles. The number of hydrogen-bond acceptors (Lipinski definition) is 3. The van der Waals surface area contributed by atoms with Crippen LogP contribution in [0.3, 0.4) is 0 Å². The maximum absolute atomic E-state index is 11.3. The summed E-state index contributed by atoms with van der Waals surface area (Å²) < 4.78 is 4.94. The summed E-state index contributed by atoms with van der Waals surface area (Å²) in [7, 11) is 0. The number of allylic oxidation sites excluding steroid dienone is 1. The van der Waals surface area contributed by atoms with Crippen molar-refractivity contribution in [1.82, 2.24) is 4.90 Å². The Labute approximate surface area is 98.5 Å². The van der Waals surface area contributed by atoms with Gasteiger partial charge in [0, 0.05) is 12.6 Å². The molecule has 16 heavy (non-hydrogen) atoms. The largest absolute Gasteiger partial charge is 0.466 e. The lowest BCUT2D eigenvalue weighted by Gasteiger charge is -2.30. The van der Waals surface area contributed by atoms with Gasteiger partial charge < -0.3 is 4.74 Å². The zero-order valence-electron chi connectivity index (χ0n) is 10.4. The fraction of sp³-hybridized carbons (Fsp3) is 0.769. The lowest BCUT2D eigenvalue weighted by Crippen LogP contribution is -2.36. The first kappa shape index (κ1) is 13.2. The molecule has 0 amide bonds. The third-order valence-corrected chi connectivity index (χ3v) is 3.01. The Balaban J connectivity index is 2.33. The molecule has 0 saturated heterocycles. The van der Waals surface area contributed by atoms with E-state index in [9.17, 15) is 4.79 Å². The summed E-state index contributed by atoms with van der Waals surface area (Å²) in [6.07, 6.45) is 8.71. The molecule has 1 unspecified atom stereocenters. The van der Waals surface area contributed by atoms with E-state index in [0.717, 1.165) is 13.1 Å². The second-order valence-electron chi connectivity index (χ2n) is 4.11. The molecule has 0 aromatic carbocycles. The second kappa shape index (κ2) is 7.44. The van der Waals surface area contributed by atoms with Gasteiger partial charge in [-0.1, -0.05) is 19.1 Å². The molecule has 0 radical (unpaired) electrons. The van der Waals surface area contributed by atoms with Crippen LogP contribution in [-0.4, -0.2) is 36.6 Å². The van der Waals surface area contributed by atoms with Crippen molar-refractivity contribution >= 4 is 5.97 Å². The zero-order chi connectivity index (χ0) is 11.8. The highest BCUT2D eigenvalue weighted by atomic mass is 16.5. The van der Waals surface area contributed by atoms with Crippen LogP contribution in [0.1, 0.15) is 39.5 Å². The van der Waals surface area contributed by atoms with Crippen molar-refractivity contribution in [2.75, 3.05) is 19.7 Å². The highest BCUT2D eigenvalue weighted by Gasteiger charge is 2.17. The number of carbonyl (C=O) groups excluding carboxylic acids is 1. The molecule has 92 valence electrons. The van der Waals surface area contributed by atoms with Gasteiger partial charge in [0.05, 0.1) is 13.0 Å². The Bertz CT molecular complexity index is 238. The van der Waals surface area contributed by atoms with Crippen molar-refractivity contribution in [3.05, 3.63) is 12.2 Å². The molecule has 0 N–H and O–H groups in total. The number of likely N-dealkylation sites (N-methyl/N-ethyl adjacent to an activating group) is 1. The van der Waals surface area contributed by atoms with Crippen molar-refractivity contribution in [2.24, 2.45) is 0 Å². The van der Waals surface area contributed by atoms with Gasteiger partial charge in [-0.2, -0.15) is 0 Å². The number of carbonyl (C=O) groups is 1. The number of hydrogen-bond donors (Lipinski definition) is 0. The maximum atomic E-state index is 11.3. The molecule has 0 aliphatic heterocycles. The highest BCUT2D eigenvalue weighted by molar-refractivity contribution is 5.69. The summed E-state index contributed by atoms with van der Waals surface area (Å²) in [4.78, 5) is 13.6. The van der Waals surface area contributed by atoms with Gasteiger partial charge in [-0.05, 0) is 32.7 Å². The van der Waals surface area contributed by atoms with E-state index in [1.54, 1.807) is 0 Å². The minimum Gasteiger partial charge on any atom is -0.466 e. The Morgan fingerprint density at radius 3 is 2.88 bits per heavy atom. The Morgan fingerprint density at radius 2 is 2.31 bits per heavy atom. The molecule has 0 fully saturated rings. The van der Waals surface area contributed by atoms with Crippen LogP contribution >= 0.6 is 0 Å². The third-order valence-electron chi connectivity index (χ3n) is 3.01. The SMILES string of the molecule is CCOC(=O)CCN(CC)C1C=CCCC1. The number of nitrogens with zero attached hydrogens (tertiary/aromatic N) is 1. The summed E-state index contributed by atoms with van der Waals surface area (Å²) in [5.41, 5.74) is 0. The van der Waals surface area contributed by atoms with E-state index in [2.05, 4.69) is 24.0 Å². The molecule has 1 rings (SSSR count). The zero-order valence-corrected chi connectivity index (χ0v) is 10.4. The van der Waals surface area contributed by atoms with Crippen LogP contribution < -0.4 is 0 Å². The van der Waals surface area contributed by atoms with E-state index in [1.807, 2.05) is 6.92 Å². The summed E-state index contributed by atoms with van der Waals surface area (Å²) in [5.74, 6) is -0.0826. The summed E-state index contributed by atoms with van der Waals surface area (Å²) in [6, 6.07) is 0.521. The highest BCUT2D eigenvalue weighted by Crippen LogP contribution is 2.16. The van der Waals surface area contributed by atoms with Gasteiger partial charge in [0.1, 0.15) is 0 Å². The third kappa shape index (κ3) is 4.35. The van der Waals surface area contributed by atoms with E-state index in [1.165, 1.54) is 19.3 Å². The molecular weight excluding hydrogens is 202 g/mol.